The number of carbonyl (C=O) groups is 1. The number of hydrogen-bond donors (Lipinski definition) is 3. The van der Waals surface area contributed by atoms with E-state index in [0.29, 0.717) is 48.8 Å². The van der Waals surface area contributed by atoms with Gasteiger partial charge in [-0.15, -0.1) is 0 Å². The van der Waals surface area contributed by atoms with Crippen LogP contribution in [-0.4, -0.2) is 65.4 Å². The number of amides is 2. The van der Waals surface area contributed by atoms with Crippen LogP contribution in [0.15, 0.2) is 36.4 Å². The molecule has 0 unspecified atom stereocenters. The Morgan fingerprint density at radius 2 is 1.88 bits per heavy atom. The molecule has 5 rings (SSSR count). The monoisotopic (exact) mass is 556 g/mol. The van der Waals surface area contributed by atoms with Gasteiger partial charge in [0, 0.05) is 57.1 Å². The second-order valence-corrected chi connectivity index (χ2v) is 9.91. The van der Waals surface area contributed by atoms with Crippen molar-refractivity contribution in [1.29, 1.82) is 5.26 Å². The number of aromatic nitrogens is 2. The van der Waals surface area contributed by atoms with Gasteiger partial charge < -0.3 is 20.9 Å². The van der Waals surface area contributed by atoms with E-state index in [-0.39, 0.29) is 23.5 Å². The summed E-state index contributed by atoms with van der Waals surface area (Å²) in [5.74, 6) is -0.201. The predicted molar refractivity (Wildman–Crippen MR) is 142 cm³/mol. The van der Waals surface area contributed by atoms with E-state index < -0.39 is 23.6 Å². The Kier molecular flexibility index (Phi) is 7.64. The zero-order valence-corrected chi connectivity index (χ0v) is 21.8. The third kappa shape index (κ3) is 5.88. The molecule has 3 aromatic rings. The fraction of sp³-hybridized carbons (Fsp3) is 0.370. The lowest BCUT2D eigenvalue weighted by atomic mass is 10.0. The number of urea groups is 1. The number of nitrogens with zero attached hydrogens (tertiary/aromatic N) is 5. The van der Waals surface area contributed by atoms with E-state index in [1.807, 2.05) is 11.9 Å². The SMILES string of the molecule is CN1CCN(Cc2ccc(NC(=O)Nc3ccc(-c4nn5c(c4C#N)NCCC5)cc3F)cc2C(F)(F)F)CC1. The lowest BCUT2D eigenvalue weighted by molar-refractivity contribution is -0.138. The number of piperazine rings is 1. The first kappa shape index (κ1) is 27.4. The minimum Gasteiger partial charge on any atom is -0.369 e. The molecule has 1 saturated heterocycles. The lowest BCUT2D eigenvalue weighted by Gasteiger charge is -2.33. The van der Waals surface area contributed by atoms with Gasteiger partial charge in [0.2, 0.25) is 0 Å². The van der Waals surface area contributed by atoms with Gasteiger partial charge in [0.15, 0.2) is 0 Å². The van der Waals surface area contributed by atoms with Crippen LogP contribution in [0.4, 0.5) is 39.5 Å². The predicted octanol–water partition coefficient (Wildman–Crippen LogP) is 4.79. The minimum absolute atomic E-state index is 0.0706. The number of anilines is 3. The number of halogens is 4. The van der Waals surface area contributed by atoms with Gasteiger partial charge in [0.25, 0.3) is 0 Å². The average Bonchev–Trinajstić information content (AvgIpc) is 3.30. The summed E-state index contributed by atoms with van der Waals surface area (Å²) in [4.78, 5) is 16.6. The molecule has 2 aliphatic rings. The molecular weight excluding hydrogens is 528 g/mol. The highest BCUT2D eigenvalue weighted by molar-refractivity contribution is 6.00. The van der Waals surface area contributed by atoms with Crippen molar-refractivity contribution in [2.75, 3.05) is 55.7 Å². The van der Waals surface area contributed by atoms with Crippen molar-refractivity contribution >= 4 is 23.2 Å². The maximum atomic E-state index is 14.9. The van der Waals surface area contributed by atoms with Crippen LogP contribution in [0.2, 0.25) is 0 Å². The van der Waals surface area contributed by atoms with Crippen molar-refractivity contribution < 1.29 is 22.4 Å². The van der Waals surface area contributed by atoms with Crippen molar-refractivity contribution in [3.05, 3.63) is 58.9 Å². The zero-order chi connectivity index (χ0) is 28.4. The molecule has 0 aliphatic carbocycles. The Morgan fingerprint density at radius 3 is 2.58 bits per heavy atom. The van der Waals surface area contributed by atoms with Crippen LogP contribution in [-0.2, 0) is 19.3 Å². The molecule has 0 atom stereocenters. The molecule has 1 aromatic heterocycles. The second-order valence-electron chi connectivity index (χ2n) is 9.91. The van der Waals surface area contributed by atoms with Gasteiger partial charge in [0.05, 0.1) is 11.3 Å². The fourth-order valence-electron chi connectivity index (χ4n) is 4.90. The molecule has 3 N–H and O–H groups in total. The van der Waals surface area contributed by atoms with Crippen LogP contribution in [0.5, 0.6) is 0 Å². The van der Waals surface area contributed by atoms with E-state index in [1.54, 1.807) is 4.68 Å². The maximum Gasteiger partial charge on any atom is 0.416 e. The number of nitrogens with one attached hydrogen (secondary N) is 3. The highest BCUT2D eigenvalue weighted by Crippen LogP contribution is 2.35. The number of hydrogen-bond acceptors (Lipinski definition) is 6. The zero-order valence-electron chi connectivity index (χ0n) is 21.8. The van der Waals surface area contributed by atoms with Crippen LogP contribution in [0.3, 0.4) is 0 Å². The van der Waals surface area contributed by atoms with Gasteiger partial charge >= 0.3 is 12.2 Å². The molecule has 2 aromatic carbocycles. The lowest BCUT2D eigenvalue weighted by Crippen LogP contribution is -2.44. The summed E-state index contributed by atoms with van der Waals surface area (Å²) in [5.41, 5.74) is 0.0212. The second kappa shape index (κ2) is 11.1. The van der Waals surface area contributed by atoms with Crippen LogP contribution in [0.25, 0.3) is 11.3 Å². The Bertz CT molecular complexity index is 1450. The van der Waals surface area contributed by atoms with Gasteiger partial charge in [-0.3, -0.25) is 4.90 Å². The molecule has 0 saturated carbocycles. The van der Waals surface area contributed by atoms with Gasteiger partial charge in [-0.25, -0.2) is 13.9 Å². The summed E-state index contributed by atoms with van der Waals surface area (Å²) < 4.78 is 58.2. The van der Waals surface area contributed by atoms with E-state index in [2.05, 4.69) is 32.0 Å². The molecule has 210 valence electrons. The highest BCUT2D eigenvalue weighted by Gasteiger charge is 2.34. The summed E-state index contributed by atoms with van der Waals surface area (Å²) in [6.45, 7) is 4.37. The summed E-state index contributed by atoms with van der Waals surface area (Å²) in [6, 6.07) is 8.85. The summed E-state index contributed by atoms with van der Waals surface area (Å²) in [7, 11) is 1.97. The number of alkyl halides is 3. The van der Waals surface area contributed by atoms with Crippen LogP contribution >= 0.6 is 0 Å². The quantitative estimate of drug-likeness (QED) is 0.391. The summed E-state index contributed by atoms with van der Waals surface area (Å²) in [5, 5.41) is 21.9. The highest BCUT2D eigenvalue weighted by atomic mass is 19.4. The molecule has 13 heteroatoms. The normalized spacial score (nSPS) is 16.1. The van der Waals surface area contributed by atoms with Gasteiger partial charge in [-0.05, 0) is 43.3 Å². The summed E-state index contributed by atoms with van der Waals surface area (Å²) >= 11 is 0. The smallest absolute Gasteiger partial charge is 0.369 e. The van der Waals surface area contributed by atoms with E-state index in [1.165, 1.54) is 24.3 Å². The maximum absolute atomic E-state index is 14.9. The fourth-order valence-corrected chi connectivity index (χ4v) is 4.90. The Labute approximate surface area is 228 Å². The van der Waals surface area contributed by atoms with Gasteiger partial charge in [0.1, 0.15) is 29.0 Å². The van der Waals surface area contributed by atoms with Gasteiger partial charge in [-0.2, -0.15) is 23.5 Å². The van der Waals surface area contributed by atoms with E-state index in [0.717, 1.165) is 31.6 Å². The topological polar surface area (TPSA) is 101 Å². The first-order chi connectivity index (χ1) is 19.1. The number of carbonyl (C=O) groups excluding carboxylic acids is 1. The first-order valence-corrected chi connectivity index (χ1v) is 12.9. The minimum atomic E-state index is -4.61. The van der Waals surface area contributed by atoms with Crippen LogP contribution in [0, 0.1) is 17.1 Å². The van der Waals surface area contributed by atoms with Gasteiger partial charge in [-0.1, -0.05) is 12.1 Å². The number of rotatable bonds is 5. The largest absolute Gasteiger partial charge is 0.416 e. The molecule has 9 nitrogen and oxygen atoms in total. The first-order valence-electron chi connectivity index (χ1n) is 12.9. The standard InChI is InChI=1S/C27H28F4N8O/c1-37-9-11-38(12-10-37)16-18-3-5-19(14-21(18)27(29,30)31)34-26(40)35-23-6-4-17(13-22(23)28)24-20(15-32)25-33-7-2-8-39(25)36-24/h3-6,13-14,33H,2,7-12,16H2,1H3,(H2,34,35,40). The number of aryl methyl sites for hydroxylation is 1. The van der Waals surface area contributed by atoms with Crippen LogP contribution in [0.1, 0.15) is 23.1 Å². The Balaban J connectivity index is 1.29. The molecule has 2 aliphatic heterocycles. The molecule has 40 heavy (non-hydrogen) atoms. The number of benzene rings is 2. The third-order valence-corrected chi connectivity index (χ3v) is 7.06. The number of likely N-dealkylation sites (N-methyl/N-ethyl adjacent to an activating group) is 1. The van der Waals surface area contributed by atoms with Crippen molar-refractivity contribution in [2.24, 2.45) is 0 Å². The molecule has 2 amide bonds. The van der Waals surface area contributed by atoms with Crippen molar-refractivity contribution in [2.45, 2.75) is 25.7 Å². The Morgan fingerprint density at radius 1 is 1.10 bits per heavy atom. The van der Waals surface area contributed by atoms with E-state index in [9.17, 15) is 27.6 Å². The molecular formula is C27H28F4N8O. The molecule has 3 heterocycles. The summed E-state index contributed by atoms with van der Waals surface area (Å²) in [6.07, 6.45) is -3.77. The molecule has 0 spiro atoms. The number of nitriles is 1. The molecule has 1 fully saturated rings. The Hall–Kier alpha value is -4.15. The van der Waals surface area contributed by atoms with Crippen molar-refractivity contribution in [1.82, 2.24) is 19.6 Å². The molecule has 0 bridgehead atoms. The van der Waals surface area contributed by atoms with E-state index in [4.69, 9.17) is 0 Å². The molecule has 0 radical (unpaired) electrons. The van der Waals surface area contributed by atoms with E-state index >= 15 is 0 Å². The van der Waals surface area contributed by atoms with Crippen molar-refractivity contribution in [3.63, 3.8) is 0 Å². The van der Waals surface area contributed by atoms with Crippen molar-refractivity contribution in [3.8, 4) is 17.3 Å². The average molecular weight is 557 g/mol. The third-order valence-electron chi connectivity index (χ3n) is 7.06. The number of fused-ring (bicyclic) bond motifs is 1. The van der Waals surface area contributed by atoms with Crippen LogP contribution < -0.4 is 16.0 Å².